The lowest BCUT2D eigenvalue weighted by Gasteiger charge is -2.15. The third-order valence-electron chi connectivity index (χ3n) is 3.79. The summed E-state index contributed by atoms with van der Waals surface area (Å²) in [4.78, 5) is 23.8. The number of halogens is 3. The zero-order chi connectivity index (χ0) is 22.1. The molecule has 2 aromatic rings. The molecule has 0 aliphatic rings. The highest BCUT2D eigenvalue weighted by atomic mass is 19.4. The van der Waals surface area contributed by atoms with Crippen LogP contribution in [0.2, 0.25) is 0 Å². The third-order valence-corrected chi connectivity index (χ3v) is 3.79. The van der Waals surface area contributed by atoms with Gasteiger partial charge in [-0.25, -0.2) is 0 Å². The van der Waals surface area contributed by atoms with Crippen molar-refractivity contribution >= 4 is 17.9 Å². The molecule has 0 spiro atoms. The molecule has 1 atom stereocenters. The monoisotopic (exact) mass is 422 g/mol. The van der Waals surface area contributed by atoms with Crippen molar-refractivity contribution in [1.29, 1.82) is 0 Å². The maximum Gasteiger partial charge on any atom is 0.416 e. The van der Waals surface area contributed by atoms with Crippen LogP contribution in [0.4, 0.5) is 13.2 Å². The maximum absolute atomic E-state index is 12.5. The van der Waals surface area contributed by atoms with Gasteiger partial charge in [0.1, 0.15) is 11.5 Å². The molecule has 0 heterocycles. The van der Waals surface area contributed by atoms with Crippen molar-refractivity contribution in [1.82, 2.24) is 10.9 Å². The normalized spacial score (nSPS) is 12.3. The molecule has 0 aliphatic carbocycles. The van der Waals surface area contributed by atoms with Crippen LogP contribution in [0, 0.1) is 0 Å². The molecule has 0 saturated heterocycles. The molecule has 0 radical (unpaired) electrons. The standard InChI is InChI=1S/C21H21F3N2O4/c1-3-29-17-9-11-18(12-10-17)30-14(2)20(28)26-25-19(27)13-6-15-4-7-16(8-5-15)21(22,23)24/h4-14H,3H2,1-2H3,(H,25,27)(H,26,28)/b13-6+. The first kappa shape index (κ1) is 22.8. The van der Waals surface area contributed by atoms with Gasteiger partial charge in [0.05, 0.1) is 12.2 Å². The summed E-state index contributed by atoms with van der Waals surface area (Å²) in [5.41, 5.74) is 4.01. The molecular weight excluding hydrogens is 401 g/mol. The Morgan fingerprint density at radius 2 is 1.60 bits per heavy atom. The van der Waals surface area contributed by atoms with Crippen molar-refractivity contribution < 1.29 is 32.2 Å². The maximum atomic E-state index is 12.5. The lowest BCUT2D eigenvalue weighted by Crippen LogP contribution is -2.46. The molecule has 2 N–H and O–H groups in total. The van der Waals surface area contributed by atoms with Crippen LogP contribution in [-0.4, -0.2) is 24.5 Å². The third kappa shape index (κ3) is 7.16. The van der Waals surface area contributed by atoms with Gasteiger partial charge in [0.15, 0.2) is 6.10 Å². The van der Waals surface area contributed by atoms with E-state index in [2.05, 4.69) is 10.9 Å². The Kier molecular flexibility index (Phi) is 7.85. The van der Waals surface area contributed by atoms with Gasteiger partial charge in [-0.3, -0.25) is 20.4 Å². The molecule has 160 valence electrons. The first-order valence-electron chi connectivity index (χ1n) is 9.03. The summed E-state index contributed by atoms with van der Waals surface area (Å²) >= 11 is 0. The molecule has 1 unspecified atom stereocenters. The Balaban J connectivity index is 1.80. The van der Waals surface area contributed by atoms with Crippen LogP contribution in [0.5, 0.6) is 11.5 Å². The molecular formula is C21H21F3N2O4. The second-order valence-electron chi connectivity index (χ2n) is 6.10. The lowest BCUT2D eigenvalue weighted by atomic mass is 10.1. The average molecular weight is 422 g/mol. The summed E-state index contributed by atoms with van der Waals surface area (Å²) in [7, 11) is 0. The summed E-state index contributed by atoms with van der Waals surface area (Å²) in [6.45, 7) is 3.91. The summed E-state index contributed by atoms with van der Waals surface area (Å²) in [6, 6.07) is 11.0. The van der Waals surface area contributed by atoms with E-state index in [1.807, 2.05) is 6.92 Å². The Morgan fingerprint density at radius 1 is 1.00 bits per heavy atom. The van der Waals surface area contributed by atoms with Gasteiger partial charge in [0.2, 0.25) is 0 Å². The van der Waals surface area contributed by atoms with E-state index in [1.165, 1.54) is 25.1 Å². The predicted octanol–water partition coefficient (Wildman–Crippen LogP) is 3.73. The first-order valence-corrected chi connectivity index (χ1v) is 9.03. The molecule has 0 saturated carbocycles. The van der Waals surface area contributed by atoms with E-state index in [0.717, 1.165) is 18.2 Å². The van der Waals surface area contributed by atoms with E-state index in [-0.39, 0.29) is 0 Å². The number of hydrazine groups is 1. The number of amides is 2. The average Bonchev–Trinajstić information content (AvgIpc) is 2.71. The van der Waals surface area contributed by atoms with E-state index >= 15 is 0 Å². The number of carbonyl (C=O) groups excluding carboxylic acids is 2. The molecule has 9 heteroatoms. The zero-order valence-electron chi connectivity index (χ0n) is 16.3. The molecule has 0 bridgehead atoms. The fourth-order valence-corrected chi connectivity index (χ4v) is 2.26. The number of carbonyl (C=O) groups is 2. The molecule has 0 aliphatic heterocycles. The van der Waals surface area contributed by atoms with Gasteiger partial charge in [-0.05, 0) is 61.9 Å². The number of hydrogen-bond acceptors (Lipinski definition) is 4. The smallest absolute Gasteiger partial charge is 0.416 e. The van der Waals surface area contributed by atoms with Crippen molar-refractivity contribution in [3.05, 3.63) is 65.7 Å². The van der Waals surface area contributed by atoms with Crippen LogP contribution in [0.25, 0.3) is 6.08 Å². The van der Waals surface area contributed by atoms with Crippen molar-refractivity contribution in [2.45, 2.75) is 26.1 Å². The minimum absolute atomic E-state index is 0.400. The van der Waals surface area contributed by atoms with E-state index in [1.54, 1.807) is 24.3 Å². The number of ether oxygens (including phenoxy) is 2. The van der Waals surface area contributed by atoms with Gasteiger partial charge < -0.3 is 9.47 Å². The van der Waals surface area contributed by atoms with Gasteiger partial charge in [-0.2, -0.15) is 13.2 Å². The van der Waals surface area contributed by atoms with Crippen molar-refractivity contribution in [3.8, 4) is 11.5 Å². The van der Waals surface area contributed by atoms with Crippen molar-refractivity contribution in [2.24, 2.45) is 0 Å². The Labute approximate surface area is 171 Å². The zero-order valence-corrected chi connectivity index (χ0v) is 16.3. The second kappa shape index (κ2) is 10.3. The van der Waals surface area contributed by atoms with Crippen LogP contribution in [0.1, 0.15) is 25.0 Å². The van der Waals surface area contributed by atoms with Gasteiger partial charge in [0, 0.05) is 6.08 Å². The fourth-order valence-electron chi connectivity index (χ4n) is 2.26. The van der Waals surface area contributed by atoms with E-state index in [4.69, 9.17) is 9.47 Å². The van der Waals surface area contributed by atoms with Crippen molar-refractivity contribution in [3.63, 3.8) is 0 Å². The summed E-state index contributed by atoms with van der Waals surface area (Å²) in [6.07, 6.45) is -2.90. The fraction of sp³-hybridized carbons (Fsp3) is 0.238. The number of nitrogens with one attached hydrogen (secondary N) is 2. The Bertz CT molecular complexity index is 879. The highest BCUT2D eigenvalue weighted by Gasteiger charge is 2.29. The second-order valence-corrected chi connectivity index (χ2v) is 6.10. The molecule has 6 nitrogen and oxygen atoms in total. The Morgan fingerprint density at radius 3 is 2.17 bits per heavy atom. The summed E-state index contributed by atoms with van der Waals surface area (Å²) < 4.78 is 48.4. The SMILES string of the molecule is CCOc1ccc(OC(C)C(=O)NNC(=O)/C=C/c2ccc(C(F)(F)F)cc2)cc1. The largest absolute Gasteiger partial charge is 0.494 e. The van der Waals surface area contributed by atoms with Gasteiger partial charge in [-0.1, -0.05) is 12.1 Å². The number of hydrogen-bond donors (Lipinski definition) is 2. The van der Waals surface area contributed by atoms with Gasteiger partial charge in [-0.15, -0.1) is 0 Å². The molecule has 2 rings (SSSR count). The topological polar surface area (TPSA) is 76.7 Å². The Hall–Kier alpha value is -3.49. The van der Waals surface area contributed by atoms with Crippen LogP contribution in [-0.2, 0) is 15.8 Å². The first-order chi connectivity index (χ1) is 14.2. The van der Waals surface area contributed by atoms with E-state index < -0.39 is 29.7 Å². The summed E-state index contributed by atoms with van der Waals surface area (Å²) in [5, 5.41) is 0. The molecule has 2 aromatic carbocycles. The molecule has 30 heavy (non-hydrogen) atoms. The van der Waals surface area contributed by atoms with Crippen LogP contribution >= 0.6 is 0 Å². The quantitative estimate of drug-likeness (QED) is 0.527. The number of benzene rings is 2. The minimum Gasteiger partial charge on any atom is -0.494 e. The minimum atomic E-state index is -4.42. The summed E-state index contributed by atoms with van der Waals surface area (Å²) in [5.74, 6) is -0.111. The van der Waals surface area contributed by atoms with Crippen LogP contribution in [0.3, 0.4) is 0 Å². The van der Waals surface area contributed by atoms with Crippen LogP contribution in [0.15, 0.2) is 54.6 Å². The molecule has 0 fully saturated rings. The number of rotatable bonds is 7. The van der Waals surface area contributed by atoms with Gasteiger partial charge in [0.25, 0.3) is 11.8 Å². The highest BCUT2D eigenvalue weighted by molar-refractivity contribution is 5.93. The lowest BCUT2D eigenvalue weighted by molar-refractivity contribution is -0.137. The van der Waals surface area contributed by atoms with Crippen molar-refractivity contribution in [2.75, 3.05) is 6.61 Å². The number of alkyl halides is 3. The van der Waals surface area contributed by atoms with E-state index in [0.29, 0.717) is 23.7 Å². The highest BCUT2D eigenvalue weighted by Crippen LogP contribution is 2.29. The molecule has 2 amide bonds. The van der Waals surface area contributed by atoms with E-state index in [9.17, 15) is 22.8 Å². The van der Waals surface area contributed by atoms with Crippen LogP contribution < -0.4 is 20.3 Å². The molecule has 0 aromatic heterocycles. The van der Waals surface area contributed by atoms with Gasteiger partial charge >= 0.3 is 6.18 Å². The predicted molar refractivity (Wildman–Crippen MR) is 104 cm³/mol.